The van der Waals surface area contributed by atoms with E-state index in [1.165, 1.54) is 0 Å². The predicted molar refractivity (Wildman–Crippen MR) is 90.9 cm³/mol. The monoisotopic (exact) mass is 332 g/mol. The Morgan fingerprint density at radius 1 is 0.920 bits per heavy atom. The van der Waals surface area contributed by atoms with Gasteiger partial charge in [-0.25, -0.2) is 0 Å². The van der Waals surface area contributed by atoms with Crippen LogP contribution in [0.1, 0.15) is 21.5 Å². The number of amides is 2. The third-order valence-corrected chi connectivity index (χ3v) is 3.81. The van der Waals surface area contributed by atoms with Crippen LogP contribution in [0.25, 0.3) is 11.6 Å². The molecule has 0 aromatic heterocycles. The van der Waals surface area contributed by atoms with Crippen molar-refractivity contribution in [1.29, 1.82) is 0 Å². The predicted octanol–water partition coefficient (Wildman–Crippen LogP) is 1.52. The highest BCUT2D eigenvalue weighted by molar-refractivity contribution is 6.31. The van der Waals surface area contributed by atoms with Gasteiger partial charge in [-0.2, -0.15) is 0 Å². The maximum atomic E-state index is 12.6. The summed E-state index contributed by atoms with van der Waals surface area (Å²) in [5, 5.41) is 10.9. The van der Waals surface area contributed by atoms with Gasteiger partial charge < -0.3 is 9.90 Å². The zero-order valence-electron chi connectivity index (χ0n) is 13.2. The van der Waals surface area contributed by atoms with Gasteiger partial charge >= 0.3 is 0 Å². The van der Waals surface area contributed by atoms with Crippen LogP contribution in [0.5, 0.6) is 0 Å². The molecule has 2 aromatic carbocycles. The molecule has 2 amide bonds. The number of carbonyl (C=O) groups excluding carboxylic acids is 3. The number of hydrogen-bond acceptors (Lipinski definition) is 4. The normalized spacial score (nSPS) is 15.7. The zero-order valence-corrected chi connectivity index (χ0v) is 13.2. The van der Waals surface area contributed by atoms with Crippen LogP contribution < -0.4 is 5.11 Å². The largest absolute Gasteiger partial charge is 0.548 e. The molecule has 0 radical (unpaired) electrons. The first-order chi connectivity index (χ1) is 12.1. The molecule has 1 heterocycles. The fourth-order valence-corrected chi connectivity index (χ4v) is 2.66. The quantitative estimate of drug-likeness (QED) is 0.628. The number of rotatable bonds is 4. The second-order valence-corrected chi connectivity index (χ2v) is 5.46. The van der Waals surface area contributed by atoms with Gasteiger partial charge in [-0.15, -0.1) is 0 Å². The van der Waals surface area contributed by atoms with E-state index in [-0.39, 0.29) is 5.57 Å². The van der Waals surface area contributed by atoms with E-state index >= 15 is 0 Å². The molecule has 0 atom stereocenters. The lowest BCUT2D eigenvalue weighted by atomic mass is 9.93. The summed E-state index contributed by atoms with van der Waals surface area (Å²) in [5.41, 5.74) is 2.01. The summed E-state index contributed by atoms with van der Waals surface area (Å²) in [7, 11) is 0. The van der Waals surface area contributed by atoms with Crippen LogP contribution in [-0.4, -0.2) is 29.2 Å². The number of hydrogen-bond donors (Lipinski definition) is 0. The van der Waals surface area contributed by atoms with Crippen molar-refractivity contribution in [1.82, 2.24) is 4.90 Å². The maximum Gasteiger partial charge on any atom is 0.261 e. The standard InChI is InChI=1S/C20H15NO4/c22-18(23)13-21-19(24)16-11-5-4-10-15(16)17(20(21)25)12-6-9-14-7-2-1-3-8-14/h1-12H,13H2,(H,22,23)/p-1/b9-6+,17-12-. The average molecular weight is 332 g/mol. The van der Waals surface area contributed by atoms with Crippen LogP contribution in [0.2, 0.25) is 0 Å². The van der Waals surface area contributed by atoms with Crippen molar-refractivity contribution < 1.29 is 19.5 Å². The number of fused-ring (bicyclic) bond motifs is 1. The fourth-order valence-electron chi connectivity index (χ4n) is 2.66. The number of benzene rings is 2. The molecule has 1 aliphatic heterocycles. The van der Waals surface area contributed by atoms with Crippen molar-refractivity contribution in [3.8, 4) is 0 Å². The molecule has 1 aliphatic rings. The van der Waals surface area contributed by atoms with Gasteiger partial charge in [0.15, 0.2) is 0 Å². The maximum absolute atomic E-state index is 12.6. The Morgan fingerprint density at radius 2 is 1.56 bits per heavy atom. The lowest BCUT2D eigenvalue weighted by Gasteiger charge is -2.28. The van der Waals surface area contributed by atoms with E-state index < -0.39 is 24.3 Å². The molecular formula is C20H14NO4-. The van der Waals surface area contributed by atoms with Gasteiger partial charge in [0.2, 0.25) is 0 Å². The Labute approximate surface area is 144 Å². The van der Waals surface area contributed by atoms with Crippen molar-refractivity contribution >= 4 is 29.4 Å². The van der Waals surface area contributed by atoms with E-state index in [0.29, 0.717) is 16.0 Å². The van der Waals surface area contributed by atoms with E-state index in [1.807, 2.05) is 36.4 Å². The van der Waals surface area contributed by atoms with Crippen molar-refractivity contribution in [3.63, 3.8) is 0 Å². The van der Waals surface area contributed by atoms with Crippen molar-refractivity contribution in [2.75, 3.05) is 6.54 Å². The Kier molecular flexibility index (Phi) is 4.57. The van der Waals surface area contributed by atoms with Crippen LogP contribution in [0, 0.1) is 0 Å². The van der Waals surface area contributed by atoms with Crippen molar-refractivity contribution in [3.05, 3.63) is 83.4 Å². The molecule has 0 spiro atoms. The minimum absolute atomic E-state index is 0.267. The molecule has 0 N–H and O–H groups in total. The number of carboxylic acid groups (broad SMARTS) is 1. The molecule has 5 heteroatoms. The second-order valence-electron chi connectivity index (χ2n) is 5.46. The number of aliphatic carboxylic acids is 1. The highest BCUT2D eigenvalue weighted by atomic mass is 16.4. The highest BCUT2D eigenvalue weighted by Crippen LogP contribution is 2.28. The van der Waals surface area contributed by atoms with Crippen molar-refractivity contribution in [2.24, 2.45) is 0 Å². The van der Waals surface area contributed by atoms with Gasteiger partial charge in [-0.05, 0) is 23.3 Å². The summed E-state index contributed by atoms with van der Waals surface area (Å²) in [6.07, 6.45) is 5.11. The summed E-state index contributed by atoms with van der Waals surface area (Å²) >= 11 is 0. The molecule has 124 valence electrons. The van der Waals surface area contributed by atoms with Gasteiger partial charge in [0.1, 0.15) is 0 Å². The molecule has 3 rings (SSSR count). The molecular weight excluding hydrogens is 318 g/mol. The number of carboxylic acids is 1. The minimum Gasteiger partial charge on any atom is -0.548 e. The zero-order chi connectivity index (χ0) is 17.8. The number of carbonyl (C=O) groups is 3. The minimum atomic E-state index is -1.49. The van der Waals surface area contributed by atoms with Gasteiger partial charge in [0.05, 0.1) is 12.5 Å². The third-order valence-electron chi connectivity index (χ3n) is 3.81. The van der Waals surface area contributed by atoms with E-state index in [4.69, 9.17) is 0 Å². The smallest absolute Gasteiger partial charge is 0.261 e. The second kappa shape index (κ2) is 6.97. The van der Waals surface area contributed by atoms with Crippen LogP contribution in [0.4, 0.5) is 0 Å². The summed E-state index contributed by atoms with van der Waals surface area (Å²) in [6.45, 7) is -0.772. The summed E-state index contributed by atoms with van der Waals surface area (Å²) in [4.78, 5) is 36.5. The van der Waals surface area contributed by atoms with Crippen LogP contribution >= 0.6 is 0 Å². The SMILES string of the molecule is O=C([O-])CN1C(=O)/C(=C\C=C\c2ccccc2)c2ccccc2C1=O. The van der Waals surface area contributed by atoms with Gasteiger partial charge in [0.25, 0.3) is 11.8 Å². The lowest BCUT2D eigenvalue weighted by Crippen LogP contribution is -2.47. The molecule has 0 saturated carbocycles. The molecule has 0 aliphatic carbocycles. The van der Waals surface area contributed by atoms with E-state index in [1.54, 1.807) is 36.4 Å². The van der Waals surface area contributed by atoms with Gasteiger partial charge in [-0.1, -0.05) is 60.7 Å². The Hall–Kier alpha value is -3.47. The molecule has 0 unspecified atom stereocenters. The van der Waals surface area contributed by atoms with Gasteiger partial charge in [0, 0.05) is 11.1 Å². The first-order valence-corrected chi connectivity index (χ1v) is 7.67. The lowest BCUT2D eigenvalue weighted by molar-refractivity contribution is -0.305. The van der Waals surface area contributed by atoms with E-state index in [0.717, 1.165) is 5.56 Å². The summed E-state index contributed by atoms with van der Waals surface area (Å²) in [6, 6.07) is 16.2. The highest BCUT2D eigenvalue weighted by Gasteiger charge is 2.34. The first-order valence-electron chi connectivity index (χ1n) is 7.67. The van der Waals surface area contributed by atoms with Crippen molar-refractivity contribution in [2.45, 2.75) is 0 Å². The third kappa shape index (κ3) is 3.40. The number of allylic oxidation sites excluding steroid dienone is 2. The number of nitrogens with zero attached hydrogens (tertiary/aromatic N) is 1. The Morgan fingerprint density at radius 3 is 2.24 bits per heavy atom. The molecule has 5 nitrogen and oxygen atoms in total. The molecule has 25 heavy (non-hydrogen) atoms. The van der Waals surface area contributed by atoms with E-state index in [9.17, 15) is 19.5 Å². The molecule has 2 aromatic rings. The van der Waals surface area contributed by atoms with E-state index in [2.05, 4.69) is 0 Å². The summed E-state index contributed by atoms with van der Waals surface area (Å²) < 4.78 is 0. The molecule has 0 saturated heterocycles. The topological polar surface area (TPSA) is 77.5 Å². The fraction of sp³-hybridized carbons (Fsp3) is 0.0500. The Bertz CT molecular complexity index is 897. The first kappa shape index (κ1) is 16.4. The Balaban J connectivity index is 2.01. The van der Waals surface area contributed by atoms with Crippen LogP contribution in [-0.2, 0) is 9.59 Å². The van der Waals surface area contributed by atoms with Crippen LogP contribution in [0.3, 0.4) is 0 Å². The molecule has 0 fully saturated rings. The van der Waals surface area contributed by atoms with Crippen LogP contribution in [0.15, 0.2) is 66.7 Å². The molecule has 0 bridgehead atoms. The van der Waals surface area contributed by atoms with Gasteiger partial charge in [-0.3, -0.25) is 14.5 Å². The number of imide groups is 1. The average Bonchev–Trinajstić information content (AvgIpc) is 2.62. The summed E-state index contributed by atoms with van der Waals surface area (Å²) in [5.74, 6) is -2.76.